The van der Waals surface area contributed by atoms with Crippen molar-refractivity contribution in [2.75, 3.05) is 0 Å². The summed E-state index contributed by atoms with van der Waals surface area (Å²) in [5.74, 6) is -1.23. The van der Waals surface area contributed by atoms with E-state index in [1.807, 2.05) is 13.8 Å². The van der Waals surface area contributed by atoms with Crippen molar-refractivity contribution >= 4 is 11.9 Å². The average Bonchev–Trinajstić information content (AvgIpc) is 2.67. The number of nitrogens with zero attached hydrogens (tertiary/aromatic N) is 2. The number of rotatable bonds is 5. The largest absolute Gasteiger partial charge is 0.480 e. The van der Waals surface area contributed by atoms with E-state index in [1.165, 1.54) is 0 Å². The molecular weight excluding hydrogens is 234 g/mol. The predicted molar refractivity (Wildman–Crippen MR) is 66.5 cm³/mol. The molecule has 0 fully saturated rings. The number of aliphatic carboxylic acids is 1. The number of carbonyl (C=O) groups is 2. The van der Waals surface area contributed by atoms with Crippen molar-refractivity contribution in [3.05, 3.63) is 17.5 Å². The molecule has 1 atom stereocenters. The zero-order valence-electron chi connectivity index (χ0n) is 11.1. The van der Waals surface area contributed by atoms with Crippen molar-refractivity contribution in [2.45, 2.75) is 39.2 Å². The average molecular weight is 253 g/mol. The second-order valence-corrected chi connectivity index (χ2v) is 4.51. The van der Waals surface area contributed by atoms with Crippen LogP contribution in [0.2, 0.25) is 0 Å². The first kappa shape index (κ1) is 14.2. The van der Waals surface area contributed by atoms with Crippen molar-refractivity contribution in [1.29, 1.82) is 0 Å². The van der Waals surface area contributed by atoms with Gasteiger partial charge in [0.1, 0.15) is 11.7 Å². The molecular formula is C12H19N3O3. The van der Waals surface area contributed by atoms with Crippen LogP contribution in [0.1, 0.15) is 49.3 Å². The second-order valence-electron chi connectivity index (χ2n) is 4.51. The van der Waals surface area contributed by atoms with E-state index in [0.717, 1.165) is 5.69 Å². The van der Waals surface area contributed by atoms with Gasteiger partial charge in [0.15, 0.2) is 0 Å². The Morgan fingerprint density at radius 3 is 2.50 bits per heavy atom. The zero-order chi connectivity index (χ0) is 13.9. The van der Waals surface area contributed by atoms with E-state index >= 15 is 0 Å². The van der Waals surface area contributed by atoms with E-state index in [2.05, 4.69) is 10.4 Å². The fraction of sp³-hybridized carbons (Fsp3) is 0.583. The fourth-order valence-electron chi connectivity index (χ4n) is 1.70. The van der Waals surface area contributed by atoms with E-state index in [4.69, 9.17) is 5.11 Å². The smallest absolute Gasteiger partial charge is 0.326 e. The molecule has 0 bridgehead atoms. The Kier molecular flexibility index (Phi) is 4.47. The molecule has 0 spiro atoms. The van der Waals surface area contributed by atoms with Gasteiger partial charge in [-0.2, -0.15) is 5.10 Å². The third-order valence-electron chi connectivity index (χ3n) is 2.75. The van der Waals surface area contributed by atoms with Gasteiger partial charge in [-0.15, -0.1) is 0 Å². The lowest BCUT2D eigenvalue weighted by Gasteiger charge is -2.10. The maximum Gasteiger partial charge on any atom is 0.326 e. The number of amides is 1. The van der Waals surface area contributed by atoms with Gasteiger partial charge in [0.25, 0.3) is 5.91 Å². The van der Waals surface area contributed by atoms with Crippen molar-refractivity contribution < 1.29 is 14.7 Å². The van der Waals surface area contributed by atoms with Crippen LogP contribution in [0.15, 0.2) is 6.07 Å². The van der Waals surface area contributed by atoms with Crippen LogP contribution in [0.25, 0.3) is 0 Å². The molecule has 1 unspecified atom stereocenters. The topological polar surface area (TPSA) is 84.2 Å². The summed E-state index contributed by atoms with van der Waals surface area (Å²) >= 11 is 0. The molecule has 0 saturated heterocycles. The minimum atomic E-state index is -1.04. The highest BCUT2D eigenvalue weighted by Crippen LogP contribution is 2.14. The van der Waals surface area contributed by atoms with Crippen LogP contribution in [0.5, 0.6) is 0 Å². The highest BCUT2D eigenvalue weighted by atomic mass is 16.4. The molecule has 0 aromatic carbocycles. The first-order valence-corrected chi connectivity index (χ1v) is 5.94. The highest BCUT2D eigenvalue weighted by Gasteiger charge is 2.21. The van der Waals surface area contributed by atoms with Gasteiger partial charge >= 0.3 is 5.97 Å². The van der Waals surface area contributed by atoms with Gasteiger partial charge in [-0.3, -0.25) is 9.48 Å². The monoisotopic (exact) mass is 253 g/mol. The fourth-order valence-corrected chi connectivity index (χ4v) is 1.70. The van der Waals surface area contributed by atoms with Gasteiger partial charge in [0.05, 0.1) is 0 Å². The second kappa shape index (κ2) is 5.66. The lowest BCUT2D eigenvalue weighted by molar-refractivity contribution is -0.139. The van der Waals surface area contributed by atoms with Gasteiger partial charge in [0.2, 0.25) is 0 Å². The first-order valence-electron chi connectivity index (χ1n) is 5.94. The number of carboxylic acid groups (broad SMARTS) is 1. The Hall–Kier alpha value is -1.85. The standard InChI is InChI=1S/C12H19N3O3/c1-5-8(12(17)18)13-11(16)9-6-10(7(2)3)15(4)14-9/h6-8H,5H2,1-4H3,(H,13,16)(H,17,18). The lowest BCUT2D eigenvalue weighted by atomic mass is 10.1. The Morgan fingerprint density at radius 2 is 2.11 bits per heavy atom. The molecule has 0 aliphatic carbocycles. The molecule has 1 rings (SSSR count). The molecule has 1 amide bonds. The number of carbonyl (C=O) groups excluding carboxylic acids is 1. The quantitative estimate of drug-likeness (QED) is 0.824. The first-order chi connectivity index (χ1) is 8.36. The zero-order valence-corrected chi connectivity index (χ0v) is 11.1. The van der Waals surface area contributed by atoms with Crippen LogP contribution in [0, 0.1) is 0 Å². The molecule has 0 aliphatic rings. The summed E-state index contributed by atoms with van der Waals surface area (Å²) in [6, 6.07) is 0.816. The van der Waals surface area contributed by atoms with E-state index in [1.54, 1.807) is 24.7 Å². The Labute approximate surface area is 106 Å². The van der Waals surface area contributed by atoms with Gasteiger partial charge in [0, 0.05) is 12.7 Å². The van der Waals surface area contributed by atoms with E-state index in [0.29, 0.717) is 6.42 Å². The van der Waals surface area contributed by atoms with Gasteiger partial charge < -0.3 is 10.4 Å². The van der Waals surface area contributed by atoms with Gasteiger partial charge in [-0.1, -0.05) is 20.8 Å². The van der Waals surface area contributed by atoms with Crippen LogP contribution < -0.4 is 5.32 Å². The number of nitrogens with one attached hydrogen (secondary N) is 1. The molecule has 6 nitrogen and oxygen atoms in total. The van der Waals surface area contributed by atoms with Crippen molar-refractivity contribution in [3.63, 3.8) is 0 Å². The molecule has 0 radical (unpaired) electrons. The Bertz CT molecular complexity index is 451. The summed E-state index contributed by atoms with van der Waals surface area (Å²) in [4.78, 5) is 22.7. The van der Waals surface area contributed by atoms with Gasteiger partial charge in [-0.05, 0) is 18.4 Å². The number of hydrogen-bond acceptors (Lipinski definition) is 3. The summed E-state index contributed by atoms with van der Waals surface area (Å²) in [6.45, 7) is 5.71. The van der Waals surface area contributed by atoms with Crippen molar-refractivity contribution in [3.8, 4) is 0 Å². The Morgan fingerprint density at radius 1 is 1.50 bits per heavy atom. The van der Waals surface area contributed by atoms with E-state index < -0.39 is 17.9 Å². The molecule has 1 heterocycles. The summed E-state index contributed by atoms with van der Waals surface area (Å²) in [6.07, 6.45) is 0.338. The van der Waals surface area contributed by atoms with Gasteiger partial charge in [-0.25, -0.2) is 4.79 Å². The third-order valence-corrected chi connectivity index (χ3v) is 2.75. The Balaban J connectivity index is 2.85. The third kappa shape index (κ3) is 3.09. The molecule has 1 aromatic rings. The predicted octanol–water partition coefficient (Wildman–Crippen LogP) is 1.14. The SMILES string of the molecule is CCC(NC(=O)c1cc(C(C)C)n(C)n1)C(=O)O. The number of hydrogen-bond donors (Lipinski definition) is 2. The molecule has 0 saturated carbocycles. The van der Waals surface area contributed by atoms with E-state index in [9.17, 15) is 9.59 Å². The molecule has 100 valence electrons. The maximum atomic E-state index is 11.9. The van der Waals surface area contributed by atoms with Crippen LogP contribution in [-0.4, -0.2) is 32.8 Å². The summed E-state index contributed by atoms with van der Waals surface area (Å²) < 4.78 is 1.64. The molecule has 0 aliphatic heterocycles. The molecule has 18 heavy (non-hydrogen) atoms. The summed E-state index contributed by atoms with van der Waals surface area (Å²) in [5.41, 5.74) is 1.18. The van der Waals surface area contributed by atoms with Crippen molar-refractivity contribution in [1.82, 2.24) is 15.1 Å². The lowest BCUT2D eigenvalue weighted by Crippen LogP contribution is -2.40. The molecule has 2 N–H and O–H groups in total. The molecule has 6 heteroatoms. The highest BCUT2D eigenvalue weighted by molar-refractivity contribution is 5.95. The van der Waals surface area contributed by atoms with Crippen molar-refractivity contribution in [2.24, 2.45) is 7.05 Å². The van der Waals surface area contributed by atoms with E-state index in [-0.39, 0.29) is 11.6 Å². The van der Waals surface area contributed by atoms with Crippen LogP contribution in [0.4, 0.5) is 0 Å². The minimum absolute atomic E-state index is 0.251. The van der Waals surface area contributed by atoms with Crippen LogP contribution >= 0.6 is 0 Å². The molecule has 1 aromatic heterocycles. The summed E-state index contributed by atoms with van der Waals surface area (Å²) in [7, 11) is 1.76. The van der Waals surface area contributed by atoms with Crippen LogP contribution in [0.3, 0.4) is 0 Å². The number of aryl methyl sites for hydroxylation is 1. The van der Waals surface area contributed by atoms with Crippen LogP contribution in [-0.2, 0) is 11.8 Å². The normalized spacial score (nSPS) is 12.5. The number of aromatic nitrogens is 2. The number of carboxylic acids is 1. The maximum absolute atomic E-state index is 11.9. The minimum Gasteiger partial charge on any atom is -0.480 e. The summed E-state index contributed by atoms with van der Waals surface area (Å²) in [5, 5.41) is 15.4.